The number of hydrogen-bond acceptors (Lipinski definition) is 7. The van der Waals surface area contributed by atoms with Gasteiger partial charge in [0.25, 0.3) is 0 Å². The van der Waals surface area contributed by atoms with Crippen molar-refractivity contribution < 1.29 is 13.2 Å². The maximum atomic E-state index is 11.7. The minimum atomic E-state index is -3.91. The SMILES string of the molecule is COC1=NC=C(C2=C(C(=N)N)C(S(N)(=O)=O)=CCC2)CC1.NN. The molecule has 128 valence electrons. The molecule has 10 heteroatoms. The predicted octanol–water partition coefficient (Wildman–Crippen LogP) is -0.273. The zero-order chi connectivity index (χ0) is 17.6. The first-order chi connectivity index (χ1) is 10.8. The number of hydrazine groups is 1. The van der Waals surface area contributed by atoms with Crippen molar-refractivity contribution in [3.05, 3.63) is 33.9 Å². The maximum Gasteiger partial charge on any atom is 0.238 e. The minimum absolute atomic E-state index is 0.0707. The van der Waals surface area contributed by atoms with E-state index in [1.165, 1.54) is 6.08 Å². The molecular formula is C13H22N6O3S. The number of hydrogen-bond donors (Lipinski definition) is 5. The van der Waals surface area contributed by atoms with Gasteiger partial charge in [0, 0.05) is 18.2 Å². The van der Waals surface area contributed by atoms with Crippen LogP contribution in [0.5, 0.6) is 0 Å². The van der Waals surface area contributed by atoms with Crippen molar-refractivity contribution in [3.63, 3.8) is 0 Å². The summed E-state index contributed by atoms with van der Waals surface area (Å²) in [5.41, 5.74) is 7.38. The zero-order valence-corrected chi connectivity index (χ0v) is 13.7. The van der Waals surface area contributed by atoms with Crippen LogP contribution in [0, 0.1) is 5.41 Å². The first-order valence-electron chi connectivity index (χ1n) is 6.79. The number of rotatable bonds is 3. The molecule has 23 heavy (non-hydrogen) atoms. The first-order valence-corrected chi connectivity index (χ1v) is 8.33. The summed E-state index contributed by atoms with van der Waals surface area (Å²) < 4.78 is 28.4. The number of nitrogens with one attached hydrogen (secondary N) is 1. The molecule has 2 aliphatic rings. The van der Waals surface area contributed by atoms with Crippen LogP contribution in [-0.2, 0) is 14.8 Å². The molecule has 0 amide bonds. The van der Waals surface area contributed by atoms with Crippen molar-refractivity contribution in [2.24, 2.45) is 27.6 Å². The molecule has 0 spiro atoms. The largest absolute Gasteiger partial charge is 0.484 e. The Morgan fingerprint density at radius 2 is 1.96 bits per heavy atom. The van der Waals surface area contributed by atoms with Crippen LogP contribution in [0.1, 0.15) is 25.7 Å². The summed E-state index contributed by atoms with van der Waals surface area (Å²) in [6, 6.07) is 0. The number of allylic oxidation sites excluding steroid dienone is 3. The van der Waals surface area contributed by atoms with Gasteiger partial charge in [0.1, 0.15) is 5.84 Å². The fourth-order valence-corrected chi connectivity index (χ4v) is 3.37. The molecule has 1 heterocycles. The van der Waals surface area contributed by atoms with Gasteiger partial charge in [0.2, 0.25) is 10.0 Å². The second-order valence-electron chi connectivity index (χ2n) is 4.80. The highest BCUT2D eigenvalue weighted by atomic mass is 32.2. The molecule has 1 aliphatic carbocycles. The fourth-order valence-electron chi connectivity index (χ4n) is 2.50. The Kier molecular flexibility index (Phi) is 6.63. The van der Waals surface area contributed by atoms with Crippen molar-refractivity contribution in [2.75, 3.05) is 7.11 Å². The van der Waals surface area contributed by atoms with E-state index in [2.05, 4.69) is 16.7 Å². The van der Waals surface area contributed by atoms with E-state index < -0.39 is 10.0 Å². The molecule has 0 saturated heterocycles. The summed E-state index contributed by atoms with van der Waals surface area (Å²) in [5.74, 6) is 8.33. The second-order valence-corrected chi connectivity index (χ2v) is 6.33. The zero-order valence-electron chi connectivity index (χ0n) is 12.9. The monoisotopic (exact) mass is 342 g/mol. The van der Waals surface area contributed by atoms with E-state index in [4.69, 9.17) is 21.0 Å². The number of amidine groups is 1. The highest BCUT2D eigenvalue weighted by molar-refractivity contribution is 7.93. The third-order valence-electron chi connectivity index (χ3n) is 3.44. The molecular weight excluding hydrogens is 320 g/mol. The third kappa shape index (κ3) is 4.48. The average molecular weight is 342 g/mol. The van der Waals surface area contributed by atoms with E-state index in [0.717, 1.165) is 11.1 Å². The van der Waals surface area contributed by atoms with Crippen molar-refractivity contribution in [1.82, 2.24) is 0 Å². The topological polar surface area (TPSA) is 184 Å². The molecule has 9 N–H and O–H groups in total. The standard InChI is InChI=1S/C13H18N4O3S.H4N2/c1-20-11-6-5-8(7-17-11)9-3-2-4-10(21(16,18)19)12(9)13(14)15;1-2/h4,7H,2-3,5-6H2,1H3,(H3,14,15)(H2,16,18,19);1-2H2. The lowest BCUT2D eigenvalue weighted by atomic mass is 9.88. The number of methoxy groups -OCH3 is 1. The van der Waals surface area contributed by atoms with Crippen molar-refractivity contribution in [2.45, 2.75) is 25.7 Å². The maximum absolute atomic E-state index is 11.7. The van der Waals surface area contributed by atoms with Crippen LogP contribution < -0.4 is 22.6 Å². The molecule has 2 rings (SSSR count). The molecule has 0 aromatic rings. The van der Waals surface area contributed by atoms with Crippen molar-refractivity contribution in [3.8, 4) is 0 Å². The number of ether oxygens (including phenoxy) is 1. The lowest BCUT2D eigenvalue weighted by Crippen LogP contribution is -2.27. The molecule has 0 atom stereocenters. The first kappa shape index (κ1) is 19.0. The van der Waals surface area contributed by atoms with Gasteiger partial charge in [0.05, 0.1) is 12.0 Å². The molecule has 1 aliphatic heterocycles. The lowest BCUT2D eigenvalue weighted by molar-refractivity contribution is 0.388. The quantitative estimate of drug-likeness (QED) is 0.203. The summed E-state index contributed by atoms with van der Waals surface area (Å²) in [7, 11) is -2.36. The van der Waals surface area contributed by atoms with E-state index in [-0.39, 0.29) is 16.3 Å². The molecule has 0 radical (unpaired) electrons. The summed E-state index contributed by atoms with van der Waals surface area (Å²) in [4.78, 5) is 4.10. The van der Waals surface area contributed by atoms with Crippen molar-refractivity contribution >= 4 is 21.8 Å². The van der Waals surface area contributed by atoms with Gasteiger partial charge in [-0.05, 0) is 30.4 Å². The average Bonchev–Trinajstić information content (AvgIpc) is 2.55. The van der Waals surface area contributed by atoms with Gasteiger partial charge in [-0.2, -0.15) is 0 Å². The van der Waals surface area contributed by atoms with Crippen LogP contribution in [0.25, 0.3) is 0 Å². The molecule has 0 unspecified atom stereocenters. The Hall–Kier alpha value is -2.01. The molecule has 0 aromatic carbocycles. The summed E-state index contributed by atoms with van der Waals surface area (Å²) >= 11 is 0. The van der Waals surface area contributed by atoms with Gasteiger partial charge in [-0.3, -0.25) is 17.1 Å². The molecule has 0 fully saturated rings. The van der Waals surface area contributed by atoms with Gasteiger partial charge >= 0.3 is 0 Å². The van der Waals surface area contributed by atoms with E-state index in [1.807, 2.05) is 0 Å². The number of nitrogens with zero attached hydrogens (tertiary/aromatic N) is 1. The number of aliphatic imine (C=N–C) groups is 1. The van der Waals surface area contributed by atoms with E-state index >= 15 is 0 Å². The predicted molar refractivity (Wildman–Crippen MR) is 89.5 cm³/mol. The molecule has 9 nitrogen and oxygen atoms in total. The summed E-state index contributed by atoms with van der Waals surface area (Å²) in [6.45, 7) is 0. The number of nitrogens with two attached hydrogens (primary N) is 4. The van der Waals surface area contributed by atoms with Gasteiger partial charge < -0.3 is 10.5 Å². The van der Waals surface area contributed by atoms with Crippen molar-refractivity contribution in [1.29, 1.82) is 5.41 Å². The fraction of sp³-hybridized carbons (Fsp3) is 0.385. The van der Waals surface area contributed by atoms with Crippen LogP contribution >= 0.6 is 0 Å². The summed E-state index contributed by atoms with van der Waals surface area (Å²) in [5, 5.41) is 12.9. The Morgan fingerprint density at radius 1 is 1.30 bits per heavy atom. The highest BCUT2D eigenvalue weighted by Gasteiger charge is 2.28. The van der Waals surface area contributed by atoms with E-state index in [9.17, 15) is 8.42 Å². The van der Waals surface area contributed by atoms with E-state index in [0.29, 0.717) is 31.6 Å². The second kappa shape index (κ2) is 8.02. The van der Waals surface area contributed by atoms with Gasteiger partial charge in [-0.25, -0.2) is 18.5 Å². The summed E-state index contributed by atoms with van der Waals surface area (Å²) in [6.07, 6.45) is 5.60. The van der Waals surface area contributed by atoms with Crippen LogP contribution in [-0.4, -0.2) is 27.3 Å². The van der Waals surface area contributed by atoms with Gasteiger partial charge in [-0.15, -0.1) is 0 Å². The third-order valence-corrected chi connectivity index (χ3v) is 4.43. The molecule has 0 bridgehead atoms. The van der Waals surface area contributed by atoms with Crippen LogP contribution in [0.3, 0.4) is 0 Å². The normalized spacial score (nSPS) is 18.2. The Bertz CT molecular complexity index is 703. The van der Waals surface area contributed by atoms with E-state index in [1.54, 1.807) is 13.3 Å². The Labute approximate surface area is 135 Å². The van der Waals surface area contributed by atoms with Gasteiger partial charge in [-0.1, -0.05) is 6.08 Å². The Morgan fingerprint density at radius 3 is 2.39 bits per heavy atom. The Balaban J connectivity index is 0.00000127. The van der Waals surface area contributed by atoms with Gasteiger partial charge in [0.15, 0.2) is 5.90 Å². The molecule has 0 aromatic heterocycles. The number of sulfonamides is 1. The smallest absolute Gasteiger partial charge is 0.238 e. The van der Waals surface area contributed by atoms with Crippen LogP contribution in [0.2, 0.25) is 0 Å². The minimum Gasteiger partial charge on any atom is -0.484 e. The van der Waals surface area contributed by atoms with Crippen LogP contribution in [0.4, 0.5) is 0 Å². The highest BCUT2D eigenvalue weighted by Crippen LogP contribution is 2.35. The van der Waals surface area contributed by atoms with Crippen LogP contribution in [0.15, 0.2) is 38.9 Å². The molecule has 0 saturated carbocycles. The number of primary sulfonamides is 1. The lowest BCUT2D eigenvalue weighted by Gasteiger charge is -2.23.